The third-order valence-electron chi connectivity index (χ3n) is 3.28. The molecule has 2 rings (SSSR count). The SMILES string of the molecule is CCCC(CCN)CNc1ncnc2sc(C)cc12. The number of anilines is 1. The molecule has 0 spiro atoms. The first-order valence-corrected chi connectivity index (χ1v) is 7.71. The molecule has 0 saturated carbocycles. The first-order chi connectivity index (χ1) is 9.24. The largest absolute Gasteiger partial charge is 0.369 e. The van der Waals surface area contributed by atoms with Crippen LogP contribution in [0.4, 0.5) is 5.82 Å². The van der Waals surface area contributed by atoms with Crippen LogP contribution in [0, 0.1) is 12.8 Å². The van der Waals surface area contributed by atoms with E-state index in [1.165, 1.54) is 17.7 Å². The highest BCUT2D eigenvalue weighted by Crippen LogP contribution is 2.27. The lowest BCUT2D eigenvalue weighted by atomic mass is 10.00. The van der Waals surface area contributed by atoms with Gasteiger partial charge >= 0.3 is 0 Å². The second kappa shape index (κ2) is 6.82. The molecular formula is C14H22N4S. The minimum atomic E-state index is 0.625. The summed E-state index contributed by atoms with van der Waals surface area (Å²) in [5.41, 5.74) is 5.67. The van der Waals surface area contributed by atoms with Gasteiger partial charge in [0.2, 0.25) is 0 Å². The van der Waals surface area contributed by atoms with Crippen molar-refractivity contribution in [1.29, 1.82) is 0 Å². The van der Waals surface area contributed by atoms with Crippen molar-refractivity contribution in [2.24, 2.45) is 11.7 Å². The summed E-state index contributed by atoms with van der Waals surface area (Å²) in [4.78, 5) is 11.0. The lowest BCUT2D eigenvalue weighted by molar-refractivity contribution is 0.473. The van der Waals surface area contributed by atoms with Gasteiger partial charge in [-0.2, -0.15) is 0 Å². The summed E-state index contributed by atoms with van der Waals surface area (Å²) in [6, 6.07) is 2.15. The minimum absolute atomic E-state index is 0.625. The molecule has 5 heteroatoms. The number of aryl methyl sites for hydroxylation is 1. The van der Waals surface area contributed by atoms with Crippen LogP contribution in [0.3, 0.4) is 0 Å². The van der Waals surface area contributed by atoms with Crippen LogP contribution < -0.4 is 11.1 Å². The molecule has 2 aromatic rings. The summed E-state index contributed by atoms with van der Waals surface area (Å²) in [7, 11) is 0. The molecule has 0 aliphatic heterocycles. The third kappa shape index (κ3) is 3.64. The van der Waals surface area contributed by atoms with Crippen molar-refractivity contribution in [2.75, 3.05) is 18.4 Å². The second-order valence-electron chi connectivity index (χ2n) is 4.91. The highest BCUT2D eigenvalue weighted by molar-refractivity contribution is 7.18. The van der Waals surface area contributed by atoms with Crippen LogP contribution in [0.1, 0.15) is 31.1 Å². The lowest BCUT2D eigenvalue weighted by Gasteiger charge is -2.16. The number of nitrogens with two attached hydrogens (primary N) is 1. The molecule has 0 radical (unpaired) electrons. The number of hydrogen-bond acceptors (Lipinski definition) is 5. The van der Waals surface area contributed by atoms with E-state index in [2.05, 4.69) is 35.2 Å². The van der Waals surface area contributed by atoms with Crippen molar-refractivity contribution < 1.29 is 0 Å². The summed E-state index contributed by atoms with van der Waals surface area (Å²) in [5, 5.41) is 4.60. The van der Waals surface area contributed by atoms with Crippen LogP contribution in [0.2, 0.25) is 0 Å². The molecule has 1 atom stereocenters. The quantitative estimate of drug-likeness (QED) is 0.816. The van der Waals surface area contributed by atoms with Gasteiger partial charge in [-0.25, -0.2) is 9.97 Å². The van der Waals surface area contributed by atoms with Gasteiger partial charge in [-0.1, -0.05) is 13.3 Å². The van der Waals surface area contributed by atoms with E-state index >= 15 is 0 Å². The maximum absolute atomic E-state index is 5.67. The Morgan fingerprint density at radius 1 is 1.37 bits per heavy atom. The first-order valence-electron chi connectivity index (χ1n) is 6.89. The molecule has 19 heavy (non-hydrogen) atoms. The molecule has 0 aromatic carbocycles. The van der Waals surface area contributed by atoms with Gasteiger partial charge in [0.05, 0.1) is 5.39 Å². The van der Waals surface area contributed by atoms with Crippen molar-refractivity contribution in [3.05, 3.63) is 17.3 Å². The molecule has 4 nitrogen and oxygen atoms in total. The van der Waals surface area contributed by atoms with Crippen molar-refractivity contribution in [3.8, 4) is 0 Å². The van der Waals surface area contributed by atoms with Crippen molar-refractivity contribution in [3.63, 3.8) is 0 Å². The molecule has 2 heterocycles. The standard InChI is InChI=1S/C14H22N4S/c1-3-4-11(5-6-15)8-16-13-12-7-10(2)19-14(12)18-9-17-13/h7,9,11H,3-6,8,15H2,1-2H3,(H,16,17,18). The molecule has 1 unspecified atom stereocenters. The fraction of sp³-hybridized carbons (Fsp3) is 0.571. The normalized spacial score (nSPS) is 12.8. The van der Waals surface area contributed by atoms with Crippen LogP contribution in [0.15, 0.2) is 12.4 Å². The van der Waals surface area contributed by atoms with Crippen molar-refractivity contribution in [2.45, 2.75) is 33.1 Å². The van der Waals surface area contributed by atoms with E-state index in [0.29, 0.717) is 5.92 Å². The Balaban J connectivity index is 2.08. The van der Waals surface area contributed by atoms with E-state index < -0.39 is 0 Å². The summed E-state index contributed by atoms with van der Waals surface area (Å²) < 4.78 is 0. The molecule has 0 saturated heterocycles. The third-order valence-corrected chi connectivity index (χ3v) is 4.24. The number of rotatable bonds is 7. The smallest absolute Gasteiger partial charge is 0.138 e. The maximum atomic E-state index is 5.67. The summed E-state index contributed by atoms with van der Waals surface area (Å²) in [6.45, 7) is 6.01. The van der Waals surface area contributed by atoms with Gasteiger partial charge in [0.1, 0.15) is 17.0 Å². The van der Waals surface area contributed by atoms with E-state index in [9.17, 15) is 0 Å². The Morgan fingerprint density at radius 3 is 2.95 bits per heavy atom. The number of hydrogen-bond donors (Lipinski definition) is 2. The monoisotopic (exact) mass is 278 g/mol. The number of thiophene rings is 1. The summed E-state index contributed by atoms with van der Waals surface area (Å²) >= 11 is 1.71. The second-order valence-corrected chi connectivity index (χ2v) is 6.15. The van der Waals surface area contributed by atoms with Gasteiger partial charge < -0.3 is 11.1 Å². The average molecular weight is 278 g/mol. The van der Waals surface area contributed by atoms with Gasteiger partial charge in [0, 0.05) is 11.4 Å². The highest BCUT2D eigenvalue weighted by Gasteiger charge is 2.10. The molecular weight excluding hydrogens is 256 g/mol. The lowest BCUT2D eigenvalue weighted by Crippen LogP contribution is -2.18. The van der Waals surface area contributed by atoms with Crippen LogP contribution >= 0.6 is 11.3 Å². The molecule has 0 amide bonds. The molecule has 0 fully saturated rings. The molecule has 3 N–H and O–H groups in total. The van der Waals surface area contributed by atoms with E-state index in [4.69, 9.17) is 5.73 Å². The molecule has 2 aromatic heterocycles. The zero-order chi connectivity index (χ0) is 13.7. The van der Waals surface area contributed by atoms with Gasteiger partial charge in [-0.3, -0.25) is 0 Å². The Morgan fingerprint density at radius 2 is 2.21 bits per heavy atom. The van der Waals surface area contributed by atoms with Crippen LogP contribution in [0.25, 0.3) is 10.2 Å². The molecule has 0 bridgehead atoms. The van der Waals surface area contributed by atoms with Crippen LogP contribution in [-0.2, 0) is 0 Å². The van der Waals surface area contributed by atoms with Crippen LogP contribution in [0.5, 0.6) is 0 Å². The Bertz CT molecular complexity index is 517. The Hall–Kier alpha value is -1.20. The topological polar surface area (TPSA) is 63.8 Å². The molecule has 0 aliphatic rings. The Kier molecular flexibility index (Phi) is 5.10. The first kappa shape index (κ1) is 14.2. The fourth-order valence-corrected chi connectivity index (χ4v) is 3.20. The van der Waals surface area contributed by atoms with Gasteiger partial charge in [-0.15, -0.1) is 11.3 Å². The maximum Gasteiger partial charge on any atom is 0.138 e. The van der Waals surface area contributed by atoms with Gasteiger partial charge in [0.25, 0.3) is 0 Å². The number of nitrogens with zero attached hydrogens (tertiary/aromatic N) is 2. The zero-order valence-corrected chi connectivity index (χ0v) is 12.5. The van der Waals surface area contributed by atoms with E-state index in [1.807, 2.05) is 0 Å². The highest BCUT2D eigenvalue weighted by atomic mass is 32.1. The summed E-state index contributed by atoms with van der Waals surface area (Å²) in [6.07, 6.45) is 5.11. The summed E-state index contributed by atoms with van der Waals surface area (Å²) in [5.74, 6) is 1.58. The van der Waals surface area contributed by atoms with Gasteiger partial charge in [-0.05, 0) is 38.3 Å². The number of nitrogens with one attached hydrogen (secondary N) is 1. The Labute approximate surface area is 118 Å². The van der Waals surface area contributed by atoms with Crippen LogP contribution in [-0.4, -0.2) is 23.1 Å². The minimum Gasteiger partial charge on any atom is -0.369 e. The predicted octanol–water partition coefficient (Wildman–Crippen LogP) is 3.18. The number of aromatic nitrogens is 2. The van der Waals surface area contributed by atoms with E-state index in [0.717, 1.165) is 35.5 Å². The molecule has 0 aliphatic carbocycles. The number of fused-ring (bicyclic) bond motifs is 1. The van der Waals surface area contributed by atoms with E-state index in [-0.39, 0.29) is 0 Å². The predicted molar refractivity (Wildman–Crippen MR) is 82.7 cm³/mol. The molecule has 104 valence electrons. The van der Waals surface area contributed by atoms with Crippen molar-refractivity contribution >= 4 is 27.4 Å². The zero-order valence-electron chi connectivity index (χ0n) is 11.6. The van der Waals surface area contributed by atoms with Crippen molar-refractivity contribution in [1.82, 2.24) is 9.97 Å². The fourth-order valence-electron chi connectivity index (χ4n) is 2.35. The average Bonchev–Trinajstić information content (AvgIpc) is 2.77. The van der Waals surface area contributed by atoms with E-state index in [1.54, 1.807) is 17.7 Å². The van der Waals surface area contributed by atoms with Gasteiger partial charge in [0.15, 0.2) is 0 Å².